The molecule has 0 fully saturated rings. The van der Waals surface area contributed by atoms with Crippen LogP contribution in [-0.4, -0.2) is 21.2 Å². The highest BCUT2D eigenvalue weighted by molar-refractivity contribution is 5.59. The fourth-order valence-corrected chi connectivity index (χ4v) is 5.54. The van der Waals surface area contributed by atoms with Gasteiger partial charge in [0.15, 0.2) is 5.82 Å². The molecule has 0 amide bonds. The summed E-state index contributed by atoms with van der Waals surface area (Å²) in [6.07, 6.45) is 1.99. The predicted octanol–water partition coefficient (Wildman–Crippen LogP) is 5.31. The second-order valence-corrected chi connectivity index (χ2v) is 9.66. The number of nitrogens with zero attached hydrogens (tertiary/aromatic N) is 4. The van der Waals surface area contributed by atoms with Crippen molar-refractivity contribution < 1.29 is 4.39 Å². The Hall–Kier alpha value is -4.11. The maximum absolute atomic E-state index is 13.5. The summed E-state index contributed by atoms with van der Waals surface area (Å²) >= 11 is 0. The Bertz CT molecular complexity index is 1390. The molecule has 1 atom stereocenters. The number of hydrogen-bond acceptors (Lipinski definition) is 7. The summed E-state index contributed by atoms with van der Waals surface area (Å²) in [5, 5.41) is 13.8. The molecule has 3 N–H and O–H groups in total. The topological polar surface area (TPSA) is 126 Å². The Kier molecular flexibility index (Phi) is 6.71. The van der Waals surface area contributed by atoms with Crippen LogP contribution < -0.4 is 5.73 Å². The maximum Gasteiger partial charge on any atom is 0.181 e. The summed E-state index contributed by atoms with van der Waals surface area (Å²) < 4.78 is 13.5. The number of H-pyrrole nitrogens is 1. The first kappa shape index (κ1) is 24.6. The summed E-state index contributed by atoms with van der Waals surface area (Å²) in [6, 6.07) is 17.8. The number of fused-ring (bicyclic) bond motifs is 2. The van der Waals surface area contributed by atoms with Gasteiger partial charge in [0.05, 0.1) is 5.41 Å². The highest BCUT2D eigenvalue weighted by atomic mass is 19.1. The van der Waals surface area contributed by atoms with E-state index >= 15 is 0 Å². The lowest BCUT2D eigenvalue weighted by atomic mass is 9.68. The average molecular weight is 499 g/mol. The van der Waals surface area contributed by atoms with Crippen LogP contribution in [0.4, 0.5) is 4.39 Å². The Morgan fingerprint density at radius 1 is 0.946 bits per heavy atom. The van der Waals surface area contributed by atoms with Crippen molar-refractivity contribution in [1.29, 1.82) is 0 Å². The first-order valence-corrected chi connectivity index (χ1v) is 12.2. The highest BCUT2D eigenvalue weighted by Crippen LogP contribution is 2.47. The molecule has 0 bridgehead atoms. The Labute approximate surface area is 213 Å². The molecule has 37 heavy (non-hydrogen) atoms. The van der Waals surface area contributed by atoms with Crippen molar-refractivity contribution >= 4 is 0 Å². The summed E-state index contributed by atoms with van der Waals surface area (Å²) in [6.45, 7) is 2.14. The molecule has 0 saturated carbocycles. The third kappa shape index (κ3) is 4.58. The lowest BCUT2D eigenvalue weighted by Crippen LogP contribution is -2.38. The number of nitrogens with one attached hydrogen (secondary N) is 1. The van der Waals surface area contributed by atoms with Crippen molar-refractivity contribution in [2.75, 3.05) is 0 Å². The Morgan fingerprint density at radius 3 is 2.03 bits per heavy atom. The van der Waals surface area contributed by atoms with Gasteiger partial charge in [-0.2, -0.15) is 14.9 Å². The van der Waals surface area contributed by atoms with Gasteiger partial charge in [0.1, 0.15) is 24.7 Å². The standard InChI is InChI=1S/C28H27FN6O2/c1-17(30)14-28(27-33-26(34-35-27)20-6-8-23(29)9-7-20)24-10-2-18(15-31-36)12-21(24)4-5-22-13-19(16-32-37)3-11-25(22)28/h2-3,6-13,17H,4-5,14-16,30H2,1H3,(H,33,34,35)/t17-/m1/s1. The van der Waals surface area contributed by atoms with Crippen LogP contribution in [0, 0.1) is 15.6 Å². The Balaban J connectivity index is 1.77. The molecule has 8 nitrogen and oxygen atoms in total. The summed E-state index contributed by atoms with van der Waals surface area (Å²) in [4.78, 5) is 26.9. The monoisotopic (exact) mass is 498 g/mol. The van der Waals surface area contributed by atoms with Crippen molar-refractivity contribution in [3.05, 3.63) is 116 Å². The van der Waals surface area contributed by atoms with Crippen LogP contribution in [0.5, 0.6) is 0 Å². The van der Waals surface area contributed by atoms with E-state index in [1.54, 1.807) is 12.1 Å². The van der Waals surface area contributed by atoms with E-state index in [2.05, 4.69) is 20.6 Å². The normalized spacial score (nSPS) is 14.8. The minimum absolute atomic E-state index is 0.0900. The molecule has 5 rings (SSSR count). The number of halogens is 1. The van der Waals surface area contributed by atoms with Crippen LogP contribution in [0.25, 0.3) is 11.4 Å². The van der Waals surface area contributed by atoms with Gasteiger partial charge >= 0.3 is 0 Å². The first-order chi connectivity index (χ1) is 17.9. The van der Waals surface area contributed by atoms with Crippen molar-refractivity contribution in [3.63, 3.8) is 0 Å². The smallest absolute Gasteiger partial charge is 0.181 e. The van der Waals surface area contributed by atoms with Gasteiger partial charge in [-0.1, -0.05) is 46.8 Å². The van der Waals surface area contributed by atoms with Gasteiger partial charge in [0.25, 0.3) is 0 Å². The largest absolute Gasteiger partial charge is 0.328 e. The average Bonchev–Trinajstić information content (AvgIpc) is 3.33. The van der Waals surface area contributed by atoms with E-state index < -0.39 is 5.41 Å². The van der Waals surface area contributed by atoms with E-state index in [9.17, 15) is 14.2 Å². The molecule has 188 valence electrons. The fraction of sp³-hybridized carbons (Fsp3) is 0.286. The van der Waals surface area contributed by atoms with E-state index in [4.69, 9.17) is 10.7 Å². The molecule has 0 radical (unpaired) electrons. The summed E-state index contributed by atoms with van der Waals surface area (Å²) in [7, 11) is 0. The summed E-state index contributed by atoms with van der Waals surface area (Å²) in [5.41, 5.74) is 12.3. The van der Waals surface area contributed by atoms with Crippen molar-refractivity contribution in [2.45, 2.75) is 50.7 Å². The van der Waals surface area contributed by atoms with Gasteiger partial charge in [-0.15, -0.1) is 0 Å². The molecular formula is C28H27FN6O2. The first-order valence-electron chi connectivity index (χ1n) is 12.2. The molecule has 1 heterocycles. The second kappa shape index (κ2) is 10.1. The lowest BCUT2D eigenvalue weighted by Gasteiger charge is -2.36. The van der Waals surface area contributed by atoms with E-state index in [0.717, 1.165) is 46.2 Å². The number of nitrogens with two attached hydrogens (primary N) is 1. The van der Waals surface area contributed by atoms with Crippen LogP contribution in [0.15, 0.2) is 71.0 Å². The van der Waals surface area contributed by atoms with Crippen LogP contribution in [-0.2, 0) is 31.3 Å². The van der Waals surface area contributed by atoms with Gasteiger partial charge in [0.2, 0.25) is 0 Å². The van der Waals surface area contributed by atoms with Crippen LogP contribution in [0.3, 0.4) is 0 Å². The third-order valence-corrected chi connectivity index (χ3v) is 7.04. The summed E-state index contributed by atoms with van der Waals surface area (Å²) in [5.74, 6) is 0.742. The lowest BCUT2D eigenvalue weighted by molar-refractivity contribution is 0.476. The second-order valence-electron chi connectivity index (χ2n) is 9.66. The quantitative estimate of drug-likeness (QED) is 0.318. The Morgan fingerprint density at radius 2 is 1.51 bits per heavy atom. The molecule has 1 aliphatic carbocycles. The zero-order valence-corrected chi connectivity index (χ0v) is 20.4. The molecule has 0 aliphatic heterocycles. The number of aryl methyl sites for hydroxylation is 2. The van der Waals surface area contributed by atoms with Gasteiger partial charge in [-0.05, 0) is 83.8 Å². The minimum Gasteiger partial charge on any atom is -0.328 e. The molecule has 0 unspecified atom stereocenters. The number of nitroso groups, excluding NO2 is 2. The number of aromatic amines is 1. The molecule has 1 aromatic heterocycles. The third-order valence-electron chi connectivity index (χ3n) is 7.04. The van der Waals surface area contributed by atoms with E-state index in [1.165, 1.54) is 12.1 Å². The molecule has 4 aromatic rings. The van der Waals surface area contributed by atoms with Gasteiger partial charge < -0.3 is 5.73 Å². The molecule has 1 aliphatic rings. The zero-order valence-electron chi connectivity index (χ0n) is 20.4. The van der Waals surface area contributed by atoms with E-state index in [-0.39, 0.29) is 24.9 Å². The van der Waals surface area contributed by atoms with Crippen LogP contribution in [0.2, 0.25) is 0 Å². The number of aromatic nitrogens is 3. The number of benzene rings is 3. The molecule has 9 heteroatoms. The fourth-order valence-electron chi connectivity index (χ4n) is 5.54. The van der Waals surface area contributed by atoms with Crippen LogP contribution in [0.1, 0.15) is 52.5 Å². The van der Waals surface area contributed by atoms with E-state index in [0.29, 0.717) is 23.6 Å². The minimum atomic E-state index is -0.777. The SMILES string of the molecule is C[C@@H](N)CC1(c2nc(-c3ccc(F)cc3)n[nH]2)c2ccc(CN=O)cc2CCc2cc(CN=O)ccc21. The zero-order chi connectivity index (χ0) is 26.0. The molecule has 0 spiro atoms. The maximum atomic E-state index is 13.5. The molecule has 0 saturated heterocycles. The highest BCUT2D eigenvalue weighted by Gasteiger charge is 2.44. The van der Waals surface area contributed by atoms with E-state index in [1.807, 2.05) is 43.3 Å². The van der Waals surface area contributed by atoms with Crippen molar-refractivity contribution in [1.82, 2.24) is 15.2 Å². The number of hydrogen-bond donors (Lipinski definition) is 2. The van der Waals surface area contributed by atoms with Crippen molar-refractivity contribution in [2.24, 2.45) is 16.1 Å². The van der Waals surface area contributed by atoms with Crippen LogP contribution >= 0.6 is 0 Å². The predicted molar refractivity (Wildman–Crippen MR) is 139 cm³/mol. The van der Waals surface area contributed by atoms with Crippen molar-refractivity contribution in [3.8, 4) is 11.4 Å². The molecule has 3 aromatic carbocycles. The molecular weight excluding hydrogens is 471 g/mol. The van der Waals surface area contributed by atoms with Gasteiger partial charge in [-0.25, -0.2) is 9.37 Å². The van der Waals surface area contributed by atoms with Gasteiger partial charge in [0, 0.05) is 11.6 Å². The van der Waals surface area contributed by atoms with Gasteiger partial charge in [-0.3, -0.25) is 5.10 Å². The number of rotatable bonds is 8.